The maximum absolute atomic E-state index is 4.84. The van der Waals surface area contributed by atoms with Crippen LogP contribution in [0.3, 0.4) is 0 Å². The maximum atomic E-state index is 4.84. The zero-order chi connectivity index (χ0) is 42.6. The lowest BCUT2D eigenvalue weighted by atomic mass is 9.61. The molecule has 4 aliphatic carbocycles. The molecule has 0 bridgehead atoms. The van der Waals surface area contributed by atoms with E-state index in [2.05, 4.69) is 198 Å². The summed E-state index contributed by atoms with van der Waals surface area (Å²) in [5.41, 5.74) is 32.5. The second kappa shape index (κ2) is 12.7. The Morgan fingerprint density at radius 2 is 0.719 bits per heavy atom. The van der Waals surface area contributed by atoms with Gasteiger partial charge in [-0.2, -0.15) is 8.75 Å². The quantitative estimate of drug-likeness (QED) is 0.173. The molecular weight excluding hydrogens is 793 g/mol. The summed E-state index contributed by atoms with van der Waals surface area (Å²) in [4.78, 5) is 0. The topological polar surface area (TPSA) is 25.8 Å². The van der Waals surface area contributed by atoms with Gasteiger partial charge >= 0.3 is 0 Å². The second-order valence-corrected chi connectivity index (χ2v) is 19.3. The molecule has 1 aromatic heterocycles. The van der Waals surface area contributed by atoms with Crippen LogP contribution in [0.15, 0.2) is 170 Å². The second-order valence-electron chi connectivity index (χ2n) is 18.8. The maximum Gasteiger partial charge on any atom is 0.112 e. The molecule has 64 heavy (non-hydrogen) atoms. The van der Waals surface area contributed by atoms with Crippen molar-refractivity contribution in [1.82, 2.24) is 8.75 Å². The molecular formula is C61H42N2S. The molecule has 1 heterocycles. The van der Waals surface area contributed by atoms with Gasteiger partial charge < -0.3 is 0 Å². The zero-order valence-corrected chi connectivity index (χ0v) is 37.0. The number of aromatic nitrogens is 2. The number of hydrogen-bond acceptors (Lipinski definition) is 3. The number of nitrogens with zero attached hydrogens (tertiary/aromatic N) is 2. The van der Waals surface area contributed by atoms with Gasteiger partial charge in [0.25, 0.3) is 0 Å². The first kappa shape index (κ1) is 36.3. The summed E-state index contributed by atoms with van der Waals surface area (Å²) in [6, 6.07) is 66.0. The predicted octanol–water partition coefficient (Wildman–Crippen LogP) is 14.9. The third-order valence-electron chi connectivity index (χ3n) is 15.4. The largest absolute Gasteiger partial charge is 0.173 e. The fourth-order valence-electron chi connectivity index (χ4n) is 12.7. The molecule has 10 aromatic rings. The van der Waals surface area contributed by atoms with E-state index < -0.39 is 10.8 Å². The van der Waals surface area contributed by atoms with E-state index in [0.29, 0.717) is 0 Å². The van der Waals surface area contributed by atoms with Gasteiger partial charge in [-0.25, -0.2) is 0 Å². The van der Waals surface area contributed by atoms with Crippen molar-refractivity contribution in [3.63, 3.8) is 0 Å². The van der Waals surface area contributed by atoms with Crippen molar-refractivity contribution in [2.75, 3.05) is 0 Å². The average molecular weight is 835 g/mol. The van der Waals surface area contributed by atoms with E-state index in [-0.39, 0.29) is 0 Å². The fraction of sp³-hybridized carbons (Fsp3) is 0.115. The normalized spacial score (nSPS) is 14.8. The van der Waals surface area contributed by atoms with Crippen molar-refractivity contribution in [3.8, 4) is 55.6 Å². The Bertz CT molecular complexity index is 3600. The van der Waals surface area contributed by atoms with E-state index in [9.17, 15) is 0 Å². The van der Waals surface area contributed by atoms with E-state index in [1.54, 1.807) is 0 Å². The van der Waals surface area contributed by atoms with Crippen molar-refractivity contribution in [2.45, 2.75) is 44.9 Å². The molecule has 0 saturated carbocycles. The number of aryl methyl sites for hydroxylation is 4. The first-order chi connectivity index (χ1) is 31.3. The molecule has 14 rings (SSSR count). The standard InChI is InChI=1S/C61H42N2S/c1-34-13-20-44-45-21-14-35(2)28-53(45)61(52(44)27-34)54-29-36(3)15-22-46(54)47-24-17-39(32-56(47)61)38-18-25-48-49-26-19-40(43-23-16-37(4)58-59(43)63-64-62-58)33-57(49)60(55(48)31-38)50-11-7-5-9-41(50)30-42-10-6-8-12-51(42)60/h5-29,31-33H,30H2,1-4H3. The summed E-state index contributed by atoms with van der Waals surface area (Å²) in [5.74, 6) is 0. The Hall–Kier alpha value is -7.20. The molecule has 0 fully saturated rings. The van der Waals surface area contributed by atoms with E-state index in [0.717, 1.165) is 28.6 Å². The molecule has 0 aliphatic heterocycles. The minimum absolute atomic E-state index is 0.421. The summed E-state index contributed by atoms with van der Waals surface area (Å²) in [7, 11) is 0. The van der Waals surface area contributed by atoms with Gasteiger partial charge in [0.2, 0.25) is 0 Å². The summed E-state index contributed by atoms with van der Waals surface area (Å²) in [5, 5.41) is 0. The summed E-state index contributed by atoms with van der Waals surface area (Å²) in [6.07, 6.45) is 0.913. The highest BCUT2D eigenvalue weighted by Crippen LogP contribution is 2.64. The van der Waals surface area contributed by atoms with Crippen molar-refractivity contribution < 1.29 is 0 Å². The Kier molecular flexibility index (Phi) is 7.21. The highest BCUT2D eigenvalue weighted by Gasteiger charge is 2.53. The molecule has 302 valence electrons. The first-order valence-corrected chi connectivity index (χ1v) is 23.2. The molecule has 0 unspecified atom stereocenters. The first-order valence-electron chi connectivity index (χ1n) is 22.5. The van der Waals surface area contributed by atoms with Crippen LogP contribution in [0.4, 0.5) is 0 Å². The third kappa shape index (κ3) is 4.50. The SMILES string of the molecule is Cc1ccc2c(c1)C1(c3cc(C)ccc3-2)c2cc(C)ccc2-c2ccc(-c3ccc4c(c3)C3(c5ccccc5Cc5ccccc53)c3cc(-c5ccc(C)c6nsnc56)ccc3-4)cc21. The highest BCUT2D eigenvalue weighted by molar-refractivity contribution is 7.00. The molecule has 9 aromatic carbocycles. The van der Waals surface area contributed by atoms with Crippen molar-refractivity contribution in [1.29, 1.82) is 0 Å². The number of hydrogen-bond donors (Lipinski definition) is 0. The summed E-state index contributed by atoms with van der Waals surface area (Å²) < 4.78 is 9.55. The predicted molar refractivity (Wildman–Crippen MR) is 264 cm³/mol. The molecule has 3 heteroatoms. The van der Waals surface area contributed by atoms with Gasteiger partial charge in [-0.05, 0) is 164 Å². The molecule has 0 N–H and O–H groups in total. The smallest absolute Gasteiger partial charge is 0.112 e. The van der Waals surface area contributed by atoms with Crippen LogP contribution in [-0.2, 0) is 17.3 Å². The lowest BCUT2D eigenvalue weighted by Crippen LogP contribution is -2.34. The van der Waals surface area contributed by atoms with E-state index in [4.69, 9.17) is 8.75 Å². The van der Waals surface area contributed by atoms with Crippen LogP contribution in [0.25, 0.3) is 66.7 Å². The lowest BCUT2D eigenvalue weighted by molar-refractivity contribution is 0.722. The number of benzene rings is 9. The van der Waals surface area contributed by atoms with Crippen molar-refractivity contribution >= 4 is 22.8 Å². The van der Waals surface area contributed by atoms with Gasteiger partial charge in [0.15, 0.2) is 0 Å². The number of fused-ring (bicyclic) bond motifs is 20. The van der Waals surface area contributed by atoms with E-state index in [1.807, 2.05) is 0 Å². The van der Waals surface area contributed by atoms with Gasteiger partial charge in [0.05, 0.1) is 22.6 Å². The van der Waals surface area contributed by atoms with Crippen LogP contribution in [0, 0.1) is 27.7 Å². The average Bonchev–Trinajstić information content (AvgIpc) is 4.06. The summed E-state index contributed by atoms with van der Waals surface area (Å²) in [6.45, 7) is 8.85. The summed E-state index contributed by atoms with van der Waals surface area (Å²) >= 11 is 1.30. The van der Waals surface area contributed by atoms with Crippen LogP contribution in [0.1, 0.15) is 77.9 Å². The van der Waals surface area contributed by atoms with Gasteiger partial charge in [-0.15, -0.1) is 0 Å². The van der Waals surface area contributed by atoms with Gasteiger partial charge in [0.1, 0.15) is 11.0 Å². The molecule has 0 atom stereocenters. The minimum atomic E-state index is -0.517. The van der Waals surface area contributed by atoms with E-state index >= 15 is 0 Å². The third-order valence-corrected chi connectivity index (χ3v) is 15.9. The molecule has 2 nitrogen and oxygen atoms in total. The Labute approximate surface area is 377 Å². The Morgan fingerprint density at radius 1 is 0.344 bits per heavy atom. The fourth-order valence-corrected chi connectivity index (χ4v) is 13.3. The van der Waals surface area contributed by atoms with Crippen molar-refractivity contribution in [2.24, 2.45) is 0 Å². The molecule has 0 amide bonds. The van der Waals surface area contributed by atoms with Gasteiger partial charge in [-0.3, -0.25) is 0 Å². The monoisotopic (exact) mass is 834 g/mol. The van der Waals surface area contributed by atoms with E-state index in [1.165, 1.54) is 134 Å². The van der Waals surface area contributed by atoms with Crippen LogP contribution >= 0.6 is 11.7 Å². The molecule has 0 saturated heterocycles. The van der Waals surface area contributed by atoms with Crippen LogP contribution in [-0.4, -0.2) is 8.75 Å². The Morgan fingerprint density at radius 3 is 1.22 bits per heavy atom. The van der Waals surface area contributed by atoms with Crippen molar-refractivity contribution in [3.05, 3.63) is 248 Å². The lowest BCUT2D eigenvalue weighted by Gasteiger charge is -2.40. The Balaban J connectivity index is 1.03. The molecule has 4 aliphatic rings. The minimum Gasteiger partial charge on any atom is -0.173 e. The molecule has 0 radical (unpaired) electrons. The van der Waals surface area contributed by atoms with Gasteiger partial charge in [0, 0.05) is 5.56 Å². The van der Waals surface area contributed by atoms with Gasteiger partial charge in [-0.1, -0.05) is 168 Å². The van der Waals surface area contributed by atoms with Crippen LogP contribution < -0.4 is 0 Å². The number of rotatable bonds is 2. The zero-order valence-electron chi connectivity index (χ0n) is 36.2. The van der Waals surface area contributed by atoms with Crippen LogP contribution in [0.5, 0.6) is 0 Å². The highest BCUT2D eigenvalue weighted by atomic mass is 32.1. The molecule has 2 spiro atoms. The van der Waals surface area contributed by atoms with Crippen LogP contribution in [0.2, 0.25) is 0 Å².